The molecule has 0 aliphatic carbocycles. The minimum atomic E-state index is -1.10. The highest BCUT2D eigenvalue weighted by atomic mass is 32.1. The molecule has 0 saturated carbocycles. The number of thiazole rings is 1. The summed E-state index contributed by atoms with van der Waals surface area (Å²) < 4.78 is 5.35. The zero-order chi connectivity index (χ0) is 13.7. The molecule has 0 fully saturated rings. The highest BCUT2D eigenvalue weighted by molar-refractivity contribution is 7.16. The fourth-order valence-corrected chi connectivity index (χ4v) is 2.81. The molecule has 0 aromatic carbocycles. The Labute approximate surface area is 115 Å². The summed E-state index contributed by atoms with van der Waals surface area (Å²) in [6.07, 6.45) is 4.75. The first-order valence-electron chi connectivity index (χ1n) is 6.24. The van der Waals surface area contributed by atoms with E-state index >= 15 is 0 Å². The first kappa shape index (κ1) is 13.6. The molecule has 0 aliphatic rings. The molecule has 0 aliphatic heterocycles. The van der Waals surface area contributed by atoms with Crippen molar-refractivity contribution in [2.45, 2.75) is 32.6 Å². The second kappa shape index (κ2) is 6.38. The number of hydrogen-bond donors (Lipinski definition) is 2. The first-order chi connectivity index (χ1) is 9.20. The van der Waals surface area contributed by atoms with Crippen LogP contribution in [0.1, 0.15) is 31.1 Å². The van der Waals surface area contributed by atoms with Gasteiger partial charge in [0.2, 0.25) is 0 Å². The van der Waals surface area contributed by atoms with Crippen LogP contribution in [0, 0.1) is 0 Å². The minimum Gasteiger partial charge on any atom is -0.465 e. The molecular formula is C13H16N2O3S. The predicted molar refractivity (Wildman–Crippen MR) is 74.7 cm³/mol. The van der Waals surface area contributed by atoms with Gasteiger partial charge in [-0.25, -0.2) is 9.78 Å². The Kier molecular flexibility index (Phi) is 4.57. The Hall–Kier alpha value is -1.82. The summed E-state index contributed by atoms with van der Waals surface area (Å²) >= 11 is 1.37. The monoisotopic (exact) mass is 280 g/mol. The molecule has 102 valence electrons. The summed E-state index contributed by atoms with van der Waals surface area (Å²) in [6, 6.07) is 3.64. The standard InChI is InChI=1S/C13H16N2O3S/c1-2-3-4-7-10-11(9-6-5-8-18-9)14-12(19-10)15-13(16)17/h5-6,8H,2-4,7H2,1H3,(H,14,15)(H,16,17). The Morgan fingerprint density at radius 1 is 1.53 bits per heavy atom. The van der Waals surface area contributed by atoms with Crippen molar-refractivity contribution in [1.82, 2.24) is 4.98 Å². The average Bonchev–Trinajstić information content (AvgIpc) is 2.97. The second-order valence-corrected chi connectivity index (χ2v) is 5.24. The van der Waals surface area contributed by atoms with Crippen LogP contribution in [0.3, 0.4) is 0 Å². The third-order valence-electron chi connectivity index (χ3n) is 2.67. The van der Waals surface area contributed by atoms with E-state index in [1.807, 2.05) is 6.07 Å². The number of hydrogen-bond acceptors (Lipinski definition) is 4. The van der Waals surface area contributed by atoms with Crippen LogP contribution < -0.4 is 5.32 Å². The molecule has 2 N–H and O–H groups in total. The van der Waals surface area contributed by atoms with E-state index in [1.165, 1.54) is 11.3 Å². The van der Waals surface area contributed by atoms with Gasteiger partial charge in [-0.1, -0.05) is 19.8 Å². The van der Waals surface area contributed by atoms with Crippen LogP contribution in [0.25, 0.3) is 11.5 Å². The largest absolute Gasteiger partial charge is 0.465 e. The van der Waals surface area contributed by atoms with Crippen molar-refractivity contribution in [3.05, 3.63) is 23.3 Å². The van der Waals surface area contributed by atoms with E-state index in [1.54, 1.807) is 12.3 Å². The summed E-state index contributed by atoms with van der Waals surface area (Å²) in [5, 5.41) is 11.4. The number of nitrogens with one attached hydrogen (secondary N) is 1. The van der Waals surface area contributed by atoms with Crippen molar-refractivity contribution in [1.29, 1.82) is 0 Å². The van der Waals surface area contributed by atoms with Crippen molar-refractivity contribution in [3.63, 3.8) is 0 Å². The van der Waals surface area contributed by atoms with Gasteiger partial charge in [0, 0.05) is 4.88 Å². The van der Waals surface area contributed by atoms with E-state index in [0.29, 0.717) is 10.9 Å². The molecule has 6 heteroatoms. The maximum atomic E-state index is 10.7. The fourth-order valence-electron chi connectivity index (χ4n) is 1.81. The van der Waals surface area contributed by atoms with Crippen LogP contribution in [0.15, 0.2) is 22.8 Å². The van der Waals surface area contributed by atoms with Crippen LogP contribution in [0.5, 0.6) is 0 Å². The van der Waals surface area contributed by atoms with E-state index in [4.69, 9.17) is 9.52 Å². The number of anilines is 1. The summed E-state index contributed by atoms with van der Waals surface area (Å²) in [4.78, 5) is 16.0. The molecule has 0 bridgehead atoms. The summed E-state index contributed by atoms with van der Waals surface area (Å²) in [7, 11) is 0. The maximum Gasteiger partial charge on any atom is 0.410 e. The highest BCUT2D eigenvalue weighted by Gasteiger charge is 2.16. The summed E-state index contributed by atoms with van der Waals surface area (Å²) in [5.74, 6) is 0.682. The maximum absolute atomic E-state index is 10.7. The number of carbonyl (C=O) groups is 1. The SMILES string of the molecule is CCCCCc1sc(NC(=O)O)nc1-c1ccco1. The zero-order valence-electron chi connectivity index (χ0n) is 10.7. The van der Waals surface area contributed by atoms with Gasteiger partial charge in [0.05, 0.1) is 6.26 Å². The Morgan fingerprint density at radius 3 is 3.00 bits per heavy atom. The molecule has 0 unspecified atom stereocenters. The van der Waals surface area contributed by atoms with Gasteiger partial charge in [0.15, 0.2) is 10.9 Å². The number of aryl methyl sites for hydroxylation is 1. The van der Waals surface area contributed by atoms with E-state index in [-0.39, 0.29) is 0 Å². The topological polar surface area (TPSA) is 75.4 Å². The Balaban J connectivity index is 2.22. The van der Waals surface area contributed by atoms with E-state index in [0.717, 1.165) is 36.3 Å². The molecule has 5 nitrogen and oxygen atoms in total. The molecule has 1 amide bonds. The molecule has 19 heavy (non-hydrogen) atoms. The van der Waals surface area contributed by atoms with Crippen LogP contribution in [-0.4, -0.2) is 16.2 Å². The second-order valence-electron chi connectivity index (χ2n) is 4.16. The van der Waals surface area contributed by atoms with Gasteiger partial charge in [0.1, 0.15) is 5.69 Å². The van der Waals surface area contributed by atoms with Gasteiger partial charge < -0.3 is 9.52 Å². The molecule has 2 aromatic rings. The van der Waals surface area contributed by atoms with Crippen molar-refractivity contribution >= 4 is 22.6 Å². The molecule has 0 radical (unpaired) electrons. The number of rotatable bonds is 6. The molecule has 0 saturated heterocycles. The molecule has 0 spiro atoms. The van der Waals surface area contributed by atoms with Gasteiger partial charge in [-0.2, -0.15) is 0 Å². The van der Waals surface area contributed by atoms with Gasteiger partial charge in [0.25, 0.3) is 0 Å². The molecule has 2 aromatic heterocycles. The normalized spacial score (nSPS) is 10.6. The zero-order valence-corrected chi connectivity index (χ0v) is 11.5. The van der Waals surface area contributed by atoms with Gasteiger partial charge >= 0.3 is 6.09 Å². The lowest BCUT2D eigenvalue weighted by molar-refractivity contribution is 0.209. The third kappa shape index (κ3) is 3.57. The lowest BCUT2D eigenvalue weighted by atomic mass is 10.1. The number of amides is 1. The van der Waals surface area contributed by atoms with Crippen LogP contribution in [0.4, 0.5) is 9.93 Å². The van der Waals surface area contributed by atoms with E-state index in [2.05, 4.69) is 17.2 Å². The Morgan fingerprint density at radius 2 is 2.37 bits per heavy atom. The first-order valence-corrected chi connectivity index (χ1v) is 7.06. The van der Waals surface area contributed by atoms with Crippen molar-refractivity contribution in [3.8, 4) is 11.5 Å². The average molecular weight is 280 g/mol. The third-order valence-corrected chi connectivity index (χ3v) is 3.70. The number of nitrogens with zero attached hydrogens (tertiary/aromatic N) is 1. The van der Waals surface area contributed by atoms with Gasteiger partial charge in [-0.3, -0.25) is 5.32 Å². The number of carboxylic acid groups (broad SMARTS) is 1. The molecule has 2 heterocycles. The van der Waals surface area contributed by atoms with Gasteiger partial charge in [-0.15, -0.1) is 11.3 Å². The van der Waals surface area contributed by atoms with E-state index in [9.17, 15) is 4.79 Å². The highest BCUT2D eigenvalue weighted by Crippen LogP contribution is 2.32. The number of furan rings is 1. The predicted octanol–water partition coefficient (Wildman–Crippen LogP) is 4.23. The number of aromatic nitrogens is 1. The summed E-state index contributed by atoms with van der Waals surface area (Å²) in [5.41, 5.74) is 0.745. The van der Waals surface area contributed by atoms with Gasteiger partial charge in [-0.05, 0) is 25.0 Å². The molecule has 0 atom stereocenters. The van der Waals surface area contributed by atoms with Crippen LogP contribution >= 0.6 is 11.3 Å². The van der Waals surface area contributed by atoms with Crippen molar-refractivity contribution < 1.29 is 14.3 Å². The minimum absolute atomic E-state index is 0.394. The van der Waals surface area contributed by atoms with Crippen molar-refractivity contribution in [2.24, 2.45) is 0 Å². The van der Waals surface area contributed by atoms with E-state index < -0.39 is 6.09 Å². The van der Waals surface area contributed by atoms with Crippen LogP contribution in [-0.2, 0) is 6.42 Å². The van der Waals surface area contributed by atoms with Crippen LogP contribution in [0.2, 0.25) is 0 Å². The lowest BCUT2D eigenvalue weighted by Crippen LogP contribution is -2.06. The lowest BCUT2D eigenvalue weighted by Gasteiger charge is -1.98. The smallest absolute Gasteiger partial charge is 0.410 e. The fraction of sp³-hybridized carbons (Fsp3) is 0.385. The summed E-state index contributed by atoms with van der Waals surface area (Å²) in [6.45, 7) is 2.15. The molecular weight excluding hydrogens is 264 g/mol. The molecule has 2 rings (SSSR count). The quantitative estimate of drug-likeness (QED) is 0.776. The number of unbranched alkanes of at least 4 members (excludes halogenated alkanes) is 2. The van der Waals surface area contributed by atoms with Crippen molar-refractivity contribution in [2.75, 3.05) is 5.32 Å². The Bertz CT molecular complexity index is 534.